The first-order valence-electron chi connectivity index (χ1n) is 4.29. The van der Waals surface area contributed by atoms with Crippen LogP contribution in [0, 0.1) is 6.92 Å². The Labute approximate surface area is 77.6 Å². The number of carbonyl (C=O) groups excluding carboxylic acids is 2. The van der Waals surface area contributed by atoms with Crippen molar-refractivity contribution in [3.05, 3.63) is 35.4 Å². The summed E-state index contributed by atoms with van der Waals surface area (Å²) in [5.74, 6) is -0.716. The van der Waals surface area contributed by atoms with Gasteiger partial charge in [-0.2, -0.15) is 0 Å². The first-order valence-corrected chi connectivity index (χ1v) is 4.29. The highest BCUT2D eigenvalue weighted by molar-refractivity contribution is 6.43. The molecule has 13 heavy (non-hydrogen) atoms. The average Bonchev–Trinajstić information content (AvgIpc) is 2.17. The molecule has 1 rings (SSSR count). The van der Waals surface area contributed by atoms with E-state index in [1.165, 1.54) is 0 Å². The molecule has 0 radical (unpaired) electrons. The zero-order valence-corrected chi connectivity index (χ0v) is 7.83. The second-order valence-electron chi connectivity index (χ2n) is 2.97. The summed E-state index contributed by atoms with van der Waals surface area (Å²) < 4.78 is 0. The van der Waals surface area contributed by atoms with Crippen LogP contribution < -0.4 is 0 Å². The van der Waals surface area contributed by atoms with Crippen LogP contribution in [0.1, 0.15) is 29.3 Å². The molecule has 0 aliphatic rings. The molecule has 0 spiro atoms. The van der Waals surface area contributed by atoms with Gasteiger partial charge in [0, 0.05) is 12.0 Å². The van der Waals surface area contributed by atoms with E-state index in [9.17, 15) is 9.59 Å². The summed E-state index contributed by atoms with van der Waals surface area (Å²) in [6, 6.07) is 7.03. The summed E-state index contributed by atoms with van der Waals surface area (Å²) in [7, 11) is 0. The third-order valence-corrected chi connectivity index (χ3v) is 1.89. The molecule has 0 saturated heterocycles. The van der Waals surface area contributed by atoms with Gasteiger partial charge in [0.15, 0.2) is 0 Å². The minimum absolute atomic E-state index is 0.271. The fourth-order valence-corrected chi connectivity index (χ4v) is 1.03. The molecule has 0 amide bonds. The summed E-state index contributed by atoms with van der Waals surface area (Å²) in [5.41, 5.74) is 1.57. The largest absolute Gasteiger partial charge is 0.290 e. The van der Waals surface area contributed by atoms with E-state index in [1.54, 1.807) is 19.1 Å². The second-order valence-corrected chi connectivity index (χ2v) is 2.97. The highest BCUT2D eigenvalue weighted by Crippen LogP contribution is 2.05. The number of aryl methyl sites for hydroxylation is 1. The van der Waals surface area contributed by atoms with Crippen molar-refractivity contribution in [2.75, 3.05) is 0 Å². The van der Waals surface area contributed by atoms with Crippen molar-refractivity contribution in [3.8, 4) is 0 Å². The van der Waals surface area contributed by atoms with Crippen LogP contribution in [-0.4, -0.2) is 11.6 Å². The maximum absolute atomic E-state index is 11.3. The highest BCUT2D eigenvalue weighted by atomic mass is 16.2. The fraction of sp³-hybridized carbons (Fsp3) is 0.273. The number of carbonyl (C=O) groups is 2. The van der Waals surface area contributed by atoms with Crippen molar-refractivity contribution in [1.82, 2.24) is 0 Å². The van der Waals surface area contributed by atoms with Crippen molar-refractivity contribution in [2.24, 2.45) is 0 Å². The number of hydrogen-bond donors (Lipinski definition) is 0. The topological polar surface area (TPSA) is 34.1 Å². The Hall–Kier alpha value is -1.44. The minimum atomic E-state index is -0.387. The van der Waals surface area contributed by atoms with Gasteiger partial charge in [0.05, 0.1) is 0 Å². The maximum atomic E-state index is 11.3. The van der Waals surface area contributed by atoms with Crippen LogP contribution in [0.15, 0.2) is 24.3 Å². The van der Waals surface area contributed by atoms with Crippen LogP contribution in [0.4, 0.5) is 0 Å². The van der Waals surface area contributed by atoms with Crippen LogP contribution >= 0.6 is 0 Å². The lowest BCUT2D eigenvalue weighted by Gasteiger charge is -1.98. The van der Waals surface area contributed by atoms with Gasteiger partial charge in [0.25, 0.3) is 0 Å². The lowest BCUT2D eigenvalue weighted by atomic mass is 10.0. The monoisotopic (exact) mass is 176 g/mol. The van der Waals surface area contributed by atoms with E-state index in [4.69, 9.17) is 0 Å². The fourth-order valence-electron chi connectivity index (χ4n) is 1.03. The molecule has 1 aromatic rings. The van der Waals surface area contributed by atoms with Gasteiger partial charge in [-0.15, -0.1) is 0 Å². The second kappa shape index (κ2) is 3.99. The van der Waals surface area contributed by atoms with Gasteiger partial charge in [-0.3, -0.25) is 9.59 Å². The molecule has 0 unspecified atom stereocenters. The Morgan fingerprint density at radius 2 is 1.69 bits per heavy atom. The first-order chi connectivity index (χ1) is 6.15. The van der Waals surface area contributed by atoms with Gasteiger partial charge < -0.3 is 0 Å². The van der Waals surface area contributed by atoms with Gasteiger partial charge in [0.2, 0.25) is 11.6 Å². The van der Waals surface area contributed by atoms with E-state index >= 15 is 0 Å². The van der Waals surface area contributed by atoms with Gasteiger partial charge in [-0.05, 0) is 6.92 Å². The smallest absolute Gasteiger partial charge is 0.228 e. The van der Waals surface area contributed by atoms with Crippen molar-refractivity contribution in [3.63, 3.8) is 0 Å². The predicted octanol–water partition coefficient (Wildman–Crippen LogP) is 2.16. The molecule has 0 atom stereocenters. The van der Waals surface area contributed by atoms with Crippen molar-refractivity contribution in [2.45, 2.75) is 20.3 Å². The molecule has 0 aromatic heterocycles. The molecule has 68 valence electrons. The molecular weight excluding hydrogens is 164 g/mol. The normalized spacial score (nSPS) is 9.69. The Balaban J connectivity index is 2.90. The quantitative estimate of drug-likeness (QED) is 0.522. The third kappa shape index (κ3) is 2.25. The Kier molecular flexibility index (Phi) is 2.96. The van der Waals surface area contributed by atoms with E-state index in [2.05, 4.69) is 0 Å². The molecule has 0 heterocycles. The summed E-state index contributed by atoms with van der Waals surface area (Å²) in [6.07, 6.45) is 0.271. The highest BCUT2D eigenvalue weighted by Gasteiger charge is 2.12. The van der Waals surface area contributed by atoms with Crippen LogP contribution in [0.5, 0.6) is 0 Å². The van der Waals surface area contributed by atoms with E-state index in [1.807, 2.05) is 19.1 Å². The van der Waals surface area contributed by atoms with E-state index < -0.39 is 0 Å². The minimum Gasteiger partial charge on any atom is -0.290 e. The van der Waals surface area contributed by atoms with Gasteiger partial charge in [-0.25, -0.2) is 0 Å². The van der Waals surface area contributed by atoms with Crippen LogP contribution in [0.25, 0.3) is 0 Å². The molecule has 0 aliphatic heterocycles. The molecule has 0 aliphatic carbocycles. The van der Waals surface area contributed by atoms with Crippen molar-refractivity contribution < 1.29 is 9.59 Å². The molecule has 2 nitrogen and oxygen atoms in total. The zero-order chi connectivity index (χ0) is 9.84. The number of ketones is 2. The number of Topliss-reactive ketones (excluding diaryl/α,β-unsaturated/α-hetero) is 2. The van der Waals surface area contributed by atoms with Gasteiger partial charge in [0.1, 0.15) is 0 Å². The van der Waals surface area contributed by atoms with E-state index in [0.29, 0.717) is 5.56 Å². The van der Waals surface area contributed by atoms with E-state index in [0.717, 1.165) is 5.56 Å². The van der Waals surface area contributed by atoms with Crippen LogP contribution in [0.2, 0.25) is 0 Å². The molecular formula is C11H12O2. The standard InChI is InChI=1S/C11H12O2/c1-3-10(12)11(13)9-6-4-8(2)5-7-9/h4-7H,3H2,1-2H3. The maximum Gasteiger partial charge on any atom is 0.228 e. The summed E-state index contributed by atoms with van der Waals surface area (Å²) in [4.78, 5) is 22.4. The Bertz CT molecular complexity index is 322. The summed E-state index contributed by atoms with van der Waals surface area (Å²) >= 11 is 0. The van der Waals surface area contributed by atoms with Crippen molar-refractivity contribution >= 4 is 11.6 Å². The first kappa shape index (κ1) is 9.65. The number of benzene rings is 1. The average molecular weight is 176 g/mol. The lowest BCUT2D eigenvalue weighted by Crippen LogP contribution is -2.12. The molecule has 0 bridgehead atoms. The molecule has 0 N–H and O–H groups in total. The number of rotatable bonds is 3. The van der Waals surface area contributed by atoms with Crippen LogP contribution in [0.3, 0.4) is 0 Å². The third-order valence-electron chi connectivity index (χ3n) is 1.89. The lowest BCUT2D eigenvalue weighted by molar-refractivity contribution is -0.114. The molecule has 0 fully saturated rings. The number of hydrogen-bond acceptors (Lipinski definition) is 2. The Morgan fingerprint density at radius 1 is 1.15 bits per heavy atom. The SMILES string of the molecule is CCC(=O)C(=O)c1ccc(C)cc1. The van der Waals surface area contributed by atoms with Crippen molar-refractivity contribution in [1.29, 1.82) is 0 Å². The van der Waals surface area contributed by atoms with E-state index in [-0.39, 0.29) is 18.0 Å². The Morgan fingerprint density at radius 3 is 2.15 bits per heavy atom. The summed E-state index contributed by atoms with van der Waals surface area (Å²) in [6.45, 7) is 3.63. The molecule has 2 heteroatoms. The molecule has 0 saturated carbocycles. The van der Waals surface area contributed by atoms with Crippen LogP contribution in [-0.2, 0) is 4.79 Å². The predicted molar refractivity (Wildman–Crippen MR) is 50.8 cm³/mol. The van der Waals surface area contributed by atoms with Gasteiger partial charge >= 0.3 is 0 Å². The molecule has 1 aromatic carbocycles. The van der Waals surface area contributed by atoms with Gasteiger partial charge in [-0.1, -0.05) is 36.8 Å². The summed E-state index contributed by atoms with van der Waals surface area (Å²) in [5, 5.41) is 0. The zero-order valence-electron chi connectivity index (χ0n) is 7.83.